The van der Waals surface area contributed by atoms with Crippen molar-refractivity contribution in [1.82, 2.24) is 0 Å². The van der Waals surface area contributed by atoms with Crippen molar-refractivity contribution in [2.75, 3.05) is 0 Å². The molecule has 4 aromatic carbocycles. The highest BCUT2D eigenvalue weighted by Gasteiger charge is 2.46. The molecule has 0 unspecified atom stereocenters. The van der Waals surface area contributed by atoms with Crippen LogP contribution in [-0.2, 0) is 0 Å². The van der Waals surface area contributed by atoms with E-state index in [0.717, 1.165) is 0 Å². The van der Waals surface area contributed by atoms with Crippen molar-refractivity contribution in [3.63, 3.8) is 0 Å². The molecular formula is C54H92Al2Si8. The Labute approximate surface area is 417 Å². The fourth-order valence-electron chi connectivity index (χ4n) is 13.6. The van der Waals surface area contributed by atoms with Crippen LogP contribution in [0.25, 0.3) is 8.87 Å². The maximum atomic E-state index is 2.68. The van der Waals surface area contributed by atoms with E-state index in [-0.39, 0.29) is 30.4 Å². The van der Waals surface area contributed by atoms with Gasteiger partial charge in [0.1, 0.15) is 0 Å². The molecule has 0 fully saturated rings. The standard InChI is InChI=1S/2C20H41Si4.C14H10.2Al/c2*1-21(2,3)19(22(4,5)6)17-14-13-15-18(16-17)20(23(7,8)9)24(10,11)12;1-3-7-13(8-4-1)11-12-14-9-5-2-6-10-14;;/h2*13-15,19-20H,1-12H3;1-10H;;. The highest BCUT2D eigenvalue weighted by molar-refractivity contribution is 7.00. The van der Waals surface area contributed by atoms with Crippen molar-refractivity contribution in [3.05, 3.63) is 130 Å². The van der Waals surface area contributed by atoms with E-state index in [0.29, 0.717) is 20.7 Å². The Bertz CT molecular complexity index is 1900. The van der Waals surface area contributed by atoms with Crippen molar-refractivity contribution in [1.29, 1.82) is 0 Å². The minimum absolute atomic E-state index is 0.217. The van der Waals surface area contributed by atoms with Crippen LogP contribution in [-0.4, -0.2) is 95.0 Å². The Hall–Kier alpha value is -0.580. The van der Waals surface area contributed by atoms with Gasteiger partial charge in [0.25, 0.3) is 30.4 Å². The lowest BCUT2D eigenvalue weighted by molar-refractivity contribution is 1.14. The van der Waals surface area contributed by atoms with E-state index in [4.69, 9.17) is 0 Å². The summed E-state index contributed by atoms with van der Waals surface area (Å²) in [5.41, 5.74) is 9.91. The van der Waals surface area contributed by atoms with Crippen LogP contribution < -0.4 is 8.85 Å². The Kier molecular flexibility index (Phi) is 17.9. The minimum atomic E-state index is -1.64. The van der Waals surface area contributed by atoms with E-state index < -0.39 is 64.6 Å². The minimum Gasteiger partial charge on any atom is -0.122 e. The fourth-order valence-corrected chi connectivity index (χ4v) is 70.2. The first-order valence-corrected chi connectivity index (χ1v) is 55.6. The molecular weight excluding hydrogens is 927 g/mol. The van der Waals surface area contributed by atoms with E-state index in [1.807, 2.05) is 0 Å². The molecule has 2 radical (unpaired) electrons. The van der Waals surface area contributed by atoms with Gasteiger partial charge in [0.2, 0.25) is 0 Å². The van der Waals surface area contributed by atoms with Crippen molar-refractivity contribution < 1.29 is 0 Å². The molecule has 0 amide bonds. The van der Waals surface area contributed by atoms with Crippen molar-refractivity contribution in [3.8, 4) is 0 Å². The molecule has 0 saturated carbocycles. The third-order valence-corrected chi connectivity index (χ3v) is 54.8. The number of rotatable bonds is 18. The maximum absolute atomic E-state index is 2.68. The summed E-state index contributed by atoms with van der Waals surface area (Å²) in [6.07, 6.45) is 0. The Morgan fingerprint density at radius 1 is 0.266 bits per heavy atom. The van der Waals surface area contributed by atoms with Crippen LogP contribution in [0.5, 0.6) is 0 Å². The molecule has 0 nitrogen and oxygen atoms in total. The Balaban J connectivity index is 2.37. The summed E-state index contributed by atoms with van der Waals surface area (Å²) < 4.78 is 6.91. The van der Waals surface area contributed by atoms with Crippen molar-refractivity contribution in [2.45, 2.75) is 178 Å². The van der Waals surface area contributed by atoms with Crippen LogP contribution in [0.15, 0.2) is 97.1 Å². The van der Waals surface area contributed by atoms with Gasteiger partial charge in [0, 0.05) is 64.6 Å². The molecule has 64 heavy (non-hydrogen) atoms. The third kappa shape index (κ3) is 13.8. The molecule has 346 valence electrons. The molecule has 0 saturated heterocycles. The summed E-state index contributed by atoms with van der Waals surface area (Å²) >= 11 is -0.434. The predicted octanol–water partition coefficient (Wildman–Crippen LogP) is 15.9. The van der Waals surface area contributed by atoms with Crippen molar-refractivity contribution >= 4 is 113 Å². The lowest BCUT2D eigenvalue weighted by Crippen LogP contribution is -2.52. The van der Waals surface area contributed by atoms with Crippen LogP contribution in [0.4, 0.5) is 0 Å². The smallest absolute Gasteiger partial charge is 0.122 e. The molecule has 10 heteroatoms. The van der Waals surface area contributed by atoms with Gasteiger partial charge in [0.05, 0.1) is 0 Å². The second kappa shape index (κ2) is 20.4. The van der Waals surface area contributed by atoms with Gasteiger partial charge in [-0.05, 0) is 31.8 Å². The molecule has 0 N–H and O–H groups in total. The zero-order valence-electron chi connectivity index (χ0n) is 45.7. The molecule has 0 spiro atoms. The third-order valence-electron chi connectivity index (χ3n) is 13.6. The van der Waals surface area contributed by atoms with Gasteiger partial charge in [-0.1, -0.05) is 276 Å². The van der Waals surface area contributed by atoms with E-state index in [9.17, 15) is 0 Å². The number of benzene rings is 4. The molecule has 0 aromatic heterocycles. The topological polar surface area (TPSA) is 0 Å². The lowest BCUT2D eigenvalue weighted by atomic mass is 10.1. The summed E-state index contributed by atoms with van der Waals surface area (Å²) in [5.74, 6) is 0. The van der Waals surface area contributed by atoms with E-state index in [1.54, 1.807) is 40.0 Å². The van der Waals surface area contributed by atoms with Gasteiger partial charge < -0.3 is 0 Å². The zero-order valence-corrected chi connectivity index (χ0v) is 56.0. The number of hydrogen-bond donors (Lipinski definition) is 0. The van der Waals surface area contributed by atoms with Gasteiger partial charge in [-0.2, -0.15) is 0 Å². The first-order valence-electron chi connectivity index (χ1n) is 24.7. The molecule has 0 aliphatic rings. The van der Waals surface area contributed by atoms with Gasteiger partial charge in [-0.15, -0.1) is 17.7 Å². The first-order chi connectivity index (χ1) is 28.9. The van der Waals surface area contributed by atoms with E-state index in [1.165, 1.54) is 11.1 Å². The average Bonchev–Trinajstić information content (AvgIpc) is 3.07. The molecule has 0 heterocycles. The van der Waals surface area contributed by atoms with Crippen molar-refractivity contribution in [2.24, 2.45) is 0 Å². The quantitative estimate of drug-likeness (QED) is 0.0688. The van der Waals surface area contributed by atoms with Gasteiger partial charge in [0.15, 0.2) is 0 Å². The highest BCUT2D eigenvalue weighted by Crippen LogP contribution is 2.43. The predicted molar refractivity (Wildman–Crippen MR) is 321 cm³/mol. The van der Waals surface area contributed by atoms with Gasteiger partial charge >= 0.3 is 0 Å². The largest absolute Gasteiger partial charge is 0.298 e. The van der Waals surface area contributed by atoms with E-state index in [2.05, 4.69) is 254 Å². The van der Waals surface area contributed by atoms with Gasteiger partial charge in [-0.25, -0.2) is 0 Å². The summed E-state index contributed by atoms with van der Waals surface area (Å²) in [4.78, 5) is 0. The summed E-state index contributed by atoms with van der Waals surface area (Å²) in [6.45, 7) is 64.4. The zero-order chi connectivity index (χ0) is 48.8. The molecule has 0 aliphatic heterocycles. The Morgan fingerprint density at radius 2 is 0.453 bits per heavy atom. The van der Waals surface area contributed by atoms with E-state index >= 15 is 0 Å². The Morgan fingerprint density at radius 3 is 0.625 bits per heavy atom. The summed E-state index contributed by atoms with van der Waals surface area (Å²) in [7, 11) is -13.1. The maximum Gasteiger partial charge on any atom is 0.298 e. The highest BCUT2D eigenvalue weighted by atomic mass is 28.4. The summed E-state index contributed by atoms with van der Waals surface area (Å²) in [5, 5.41) is 2.75. The molecule has 0 aliphatic carbocycles. The fraction of sp³-hybridized carbons (Fsp3) is 0.519. The second-order valence-corrected chi connectivity index (χ2v) is 75.9. The summed E-state index contributed by atoms with van der Waals surface area (Å²) in [6, 6.07) is 39.4. The second-order valence-electron chi connectivity index (χ2n) is 28.2. The monoisotopic (exact) mass is 1020 g/mol. The van der Waals surface area contributed by atoms with Crippen LogP contribution in [0.2, 0.25) is 157 Å². The van der Waals surface area contributed by atoms with Crippen LogP contribution in [0, 0.1) is 0 Å². The van der Waals surface area contributed by atoms with Crippen LogP contribution in [0.1, 0.15) is 54.0 Å². The average molecular weight is 1020 g/mol. The molecule has 0 atom stereocenters. The first kappa shape index (κ1) is 56.0. The normalized spacial score (nSPS) is 14.4. The molecule has 4 aromatic rings. The van der Waals surface area contributed by atoms with Gasteiger partial charge in [-0.3, -0.25) is 0 Å². The SMILES string of the molecule is C[Si](C)(C)C(c1cccc(C([Si](C)(C)C)[Si](C)(C)C)[c]1[Al]/[C](=[C](\[Al][c]1c(C([Si](C)(C)C)[Si](C)(C)C)cccc1C([Si](C)(C)C)[Si](C)(C)C)c1ccccc1)c1ccccc1)[Si](C)(C)C. The number of hydrogen-bond acceptors (Lipinski definition) is 0. The van der Waals surface area contributed by atoms with Crippen LogP contribution >= 0.6 is 0 Å². The van der Waals surface area contributed by atoms with Crippen LogP contribution in [0.3, 0.4) is 0 Å². The molecule has 0 bridgehead atoms. The lowest BCUT2D eigenvalue weighted by Gasteiger charge is -2.44. The molecule has 4 rings (SSSR count).